The monoisotopic (exact) mass is 353 g/mol. The lowest BCUT2D eigenvalue weighted by Crippen LogP contribution is -2.27. The van der Waals surface area contributed by atoms with E-state index < -0.39 is 0 Å². The molecule has 0 aliphatic heterocycles. The first-order valence-corrected chi connectivity index (χ1v) is 8.69. The van der Waals surface area contributed by atoms with E-state index in [1.165, 1.54) is 0 Å². The summed E-state index contributed by atoms with van der Waals surface area (Å²) in [6, 6.07) is 12.8. The van der Waals surface area contributed by atoms with Gasteiger partial charge in [0.15, 0.2) is 0 Å². The molecule has 0 radical (unpaired) electrons. The van der Waals surface area contributed by atoms with E-state index in [4.69, 9.17) is 10.5 Å². The molecule has 2 amide bonds. The third kappa shape index (κ3) is 4.53. The Labute approximate surface area is 152 Å². The van der Waals surface area contributed by atoms with Crippen LogP contribution in [0, 0.1) is 0 Å². The molecule has 1 aliphatic rings. The molecule has 1 fully saturated rings. The minimum atomic E-state index is -0.200. The number of hydrogen-bond acceptors (Lipinski definition) is 4. The Morgan fingerprint density at radius 3 is 2.65 bits per heavy atom. The fraction of sp³-hybridized carbons (Fsp3) is 0.300. The molecule has 1 saturated carbocycles. The molecule has 0 heterocycles. The maximum absolute atomic E-state index is 12.5. The summed E-state index contributed by atoms with van der Waals surface area (Å²) >= 11 is 0. The number of hydrogen-bond donors (Lipinski definition) is 3. The highest BCUT2D eigenvalue weighted by atomic mass is 16.5. The molecule has 1 aliphatic carbocycles. The van der Waals surface area contributed by atoms with Crippen molar-refractivity contribution in [2.45, 2.75) is 31.7 Å². The molecular formula is C20H23N3O3. The standard InChI is InChI=1S/C20H23N3O3/c1-26-15-9-10-18(16(12-15)20(25)22-14-7-8-14)23-19(24)11-6-13-4-2-3-5-17(13)21/h2-5,9-10,12,14H,6-8,11,21H2,1H3,(H,22,25)(H,23,24). The Morgan fingerprint density at radius 2 is 1.96 bits per heavy atom. The molecule has 26 heavy (non-hydrogen) atoms. The van der Waals surface area contributed by atoms with E-state index in [0.29, 0.717) is 29.1 Å². The zero-order valence-corrected chi connectivity index (χ0v) is 14.7. The van der Waals surface area contributed by atoms with Crippen LogP contribution in [-0.2, 0) is 11.2 Å². The highest BCUT2D eigenvalue weighted by Crippen LogP contribution is 2.25. The summed E-state index contributed by atoms with van der Waals surface area (Å²) in [5.41, 5.74) is 8.41. The van der Waals surface area contributed by atoms with Crippen molar-refractivity contribution in [3.05, 3.63) is 53.6 Å². The predicted molar refractivity (Wildman–Crippen MR) is 101 cm³/mol. The first kappa shape index (κ1) is 17.8. The van der Waals surface area contributed by atoms with Gasteiger partial charge in [0.2, 0.25) is 5.91 Å². The van der Waals surface area contributed by atoms with Crippen molar-refractivity contribution < 1.29 is 14.3 Å². The van der Waals surface area contributed by atoms with E-state index in [-0.39, 0.29) is 24.3 Å². The van der Waals surface area contributed by atoms with Crippen LogP contribution in [0.25, 0.3) is 0 Å². The summed E-state index contributed by atoms with van der Waals surface area (Å²) in [7, 11) is 1.54. The summed E-state index contributed by atoms with van der Waals surface area (Å²) in [5.74, 6) is 0.203. The molecule has 6 heteroatoms. The third-order valence-corrected chi connectivity index (χ3v) is 4.33. The van der Waals surface area contributed by atoms with Gasteiger partial charge in [-0.2, -0.15) is 0 Å². The molecule has 2 aromatic carbocycles. The topological polar surface area (TPSA) is 93.4 Å². The minimum absolute atomic E-state index is 0.168. The summed E-state index contributed by atoms with van der Waals surface area (Å²) in [5, 5.41) is 5.77. The van der Waals surface area contributed by atoms with Crippen LogP contribution in [-0.4, -0.2) is 25.0 Å². The maximum atomic E-state index is 12.5. The van der Waals surface area contributed by atoms with E-state index >= 15 is 0 Å². The molecule has 0 unspecified atom stereocenters. The number of carbonyl (C=O) groups is 2. The van der Waals surface area contributed by atoms with E-state index in [0.717, 1.165) is 18.4 Å². The molecule has 0 bridgehead atoms. The van der Waals surface area contributed by atoms with Crippen LogP contribution in [0.15, 0.2) is 42.5 Å². The Hall–Kier alpha value is -3.02. The van der Waals surface area contributed by atoms with E-state index in [9.17, 15) is 9.59 Å². The second-order valence-corrected chi connectivity index (χ2v) is 6.41. The molecule has 0 spiro atoms. The zero-order valence-electron chi connectivity index (χ0n) is 14.7. The van der Waals surface area contributed by atoms with Crippen LogP contribution in [0.2, 0.25) is 0 Å². The predicted octanol–water partition coefficient (Wildman–Crippen LogP) is 2.74. The first-order chi connectivity index (χ1) is 12.6. The van der Waals surface area contributed by atoms with Crippen molar-refractivity contribution in [2.24, 2.45) is 0 Å². The molecule has 0 saturated heterocycles. The van der Waals surface area contributed by atoms with Gasteiger partial charge in [0.25, 0.3) is 5.91 Å². The largest absolute Gasteiger partial charge is 0.497 e. The number of para-hydroxylation sites is 1. The van der Waals surface area contributed by atoms with Gasteiger partial charge in [-0.25, -0.2) is 0 Å². The van der Waals surface area contributed by atoms with Gasteiger partial charge >= 0.3 is 0 Å². The van der Waals surface area contributed by atoms with Crippen LogP contribution in [0.4, 0.5) is 11.4 Å². The van der Waals surface area contributed by atoms with Crippen molar-refractivity contribution in [2.75, 3.05) is 18.2 Å². The van der Waals surface area contributed by atoms with Crippen LogP contribution in [0.1, 0.15) is 35.2 Å². The van der Waals surface area contributed by atoms with Gasteiger partial charge in [0.1, 0.15) is 5.75 Å². The Kier molecular flexibility index (Phi) is 5.41. The number of aryl methyl sites for hydroxylation is 1. The van der Waals surface area contributed by atoms with Crippen molar-refractivity contribution in [3.63, 3.8) is 0 Å². The number of benzene rings is 2. The molecule has 0 aromatic heterocycles. The molecular weight excluding hydrogens is 330 g/mol. The lowest BCUT2D eigenvalue weighted by Gasteiger charge is -2.13. The normalized spacial score (nSPS) is 13.1. The number of ether oxygens (including phenoxy) is 1. The molecule has 6 nitrogen and oxygen atoms in total. The average molecular weight is 353 g/mol. The SMILES string of the molecule is COc1ccc(NC(=O)CCc2ccccc2N)c(C(=O)NC2CC2)c1. The van der Waals surface area contributed by atoms with Gasteiger partial charge in [-0.3, -0.25) is 9.59 Å². The minimum Gasteiger partial charge on any atom is -0.497 e. The lowest BCUT2D eigenvalue weighted by atomic mass is 10.1. The van der Waals surface area contributed by atoms with E-state index in [1.807, 2.05) is 24.3 Å². The first-order valence-electron chi connectivity index (χ1n) is 8.69. The number of methoxy groups -OCH3 is 1. The fourth-order valence-electron chi connectivity index (χ4n) is 2.66. The Bertz CT molecular complexity index is 816. The molecule has 3 rings (SSSR count). The molecule has 4 N–H and O–H groups in total. The number of nitrogen functional groups attached to an aromatic ring is 1. The van der Waals surface area contributed by atoms with Gasteiger partial charge in [-0.1, -0.05) is 18.2 Å². The summed E-state index contributed by atoms with van der Waals surface area (Å²) < 4.78 is 5.20. The van der Waals surface area contributed by atoms with Crippen molar-refractivity contribution in [1.82, 2.24) is 5.32 Å². The van der Waals surface area contributed by atoms with Gasteiger partial charge in [0.05, 0.1) is 18.4 Å². The van der Waals surface area contributed by atoms with Crippen LogP contribution in [0.5, 0.6) is 5.75 Å². The number of amides is 2. The summed E-state index contributed by atoms with van der Waals surface area (Å²) in [6.07, 6.45) is 2.81. The fourth-order valence-corrected chi connectivity index (χ4v) is 2.66. The van der Waals surface area contributed by atoms with Crippen LogP contribution >= 0.6 is 0 Å². The second-order valence-electron chi connectivity index (χ2n) is 6.41. The number of nitrogens with one attached hydrogen (secondary N) is 2. The molecule has 0 atom stereocenters. The quantitative estimate of drug-likeness (QED) is 0.667. The van der Waals surface area contributed by atoms with Crippen molar-refractivity contribution in [3.8, 4) is 5.75 Å². The smallest absolute Gasteiger partial charge is 0.253 e. The maximum Gasteiger partial charge on any atom is 0.253 e. The van der Waals surface area contributed by atoms with Gasteiger partial charge in [0, 0.05) is 18.2 Å². The van der Waals surface area contributed by atoms with E-state index in [1.54, 1.807) is 25.3 Å². The Balaban J connectivity index is 1.68. The third-order valence-electron chi connectivity index (χ3n) is 4.33. The highest BCUT2D eigenvalue weighted by Gasteiger charge is 2.25. The summed E-state index contributed by atoms with van der Waals surface area (Å²) in [4.78, 5) is 24.8. The van der Waals surface area contributed by atoms with Crippen LogP contribution in [0.3, 0.4) is 0 Å². The number of anilines is 2. The average Bonchev–Trinajstić information content (AvgIpc) is 3.45. The lowest BCUT2D eigenvalue weighted by molar-refractivity contribution is -0.116. The highest BCUT2D eigenvalue weighted by molar-refractivity contribution is 6.04. The zero-order chi connectivity index (χ0) is 18.5. The molecule has 2 aromatic rings. The van der Waals surface area contributed by atoms with Gasteiger partial charge < -0.3 is 21.1 Å². The number of carbonyl (C=O) groups excluding carboxylic acids is 2. The van der Waals surface area contributed by atoms with Crippen molar-refractivity contribution >= 4 is 23.2 Å². The van der Waals surface area contributed by atoms with Crippen LogP contribution < -0.4 is 21.1 Å². The summed E-state index contributed by atoms with van der Waals surface area (Å²) in [6.45, 7) is 0. The number of nitrogens with two attached hydrogens (primary N) is 1. The van der Waals surface area contributed by atoms with Crippen molar-refractivity contribution in [1.29, 1.82) is 0 Å². The Morgan fingerprint density at radius 1 is 1.19 bits per heavy atom. The molecule has 136 valence electrons. The van der Waals surface area contributed by atoms with E-state index in [2.05, 4.69) is 10.6 Å². The van der Waals surface area contributed by atoms with Gasteiger partial charge in [-0.15, -0.1) is 0 Å². The number of rotatable bonds is 7. The van der Waals surface area contributed by atoms with Gasteiger partial charge in [-0.05, 0) is 49.1 Å². The second kappa shape index (κ2) is 7.91.